The average Bonchev–Trinajstić information content (AvgIpc) is 2.41. The zero-order chi connectivity index (χ0) is 14.0. The van der Waals surface area contributed by atoms with Crippen LogP contribution in [0.1, 0.15) is 29.6 Å². The maximum absolute atomic E-state index is 12.3. The van der Waals surface area contributed by atoms with Crippen LogP contribution >= 0.6 is 23.2 Å². The van der Waals surface area contributed by atoms with E-state index in [2.05, 4.69) is 4.98 Å². The highest BCUT2D eigenvalue weighted by Crippen LogP contribution is 2.23. The van der Waals surface area contributed by atoms with Crippen molar-refractivity contribution in [1.82, 2.24) is 9.88 Å². The number of nitrogens with zero attached hydrogens (tertiary/aromatic N) is 2. The molecule has 102 valence electrons. The van der Waals surface area contributed by atoms with Crippen molar-refractivity contribution in [3.63, 3.8) is 0 Å². The molecule has 1 N–H and O–H groups in total. The maximum Gasteiger partial charge on any atom is 0.326 e. The molecule has 0 aromatic carbocycles. The van der Waals surface area contributed by atoms with Gasteiger partial charge in [0.2, 0.25) is 0 Å². The second-order valence-corrected chi connectivity index (χ2v) is 5.11. The lowest BCUT2D eigenvalue weighted by Gasteiger charge is -2.32. The van der Waals surface area contributed by atoms with Gasteiger partial charge in [-0.25, -0.2) is 9.78 Å². The van der Waals surface area contributed by atoms with Crippen molar-refractivity contribution < 1.29 is 14.7 Å². The molecule has 1 amide bonds. The van der Waals surface area contributed by atoms with E-state index in [0.717, 1.165) is 12.8 Å². The number of carbonyl (C=O) groups is 2. The summed E-state index contributed by atoms with van der Waals surface area (Å²) in [6.07, 6.45) is 3.38. The van der Waals surface area contributed by atoms with Gasteiger partial charge < -0.3 is 10.0 Å². The van der Waals surface area contributed by atoms with E-state index in [1.165, 1.54) is 17.2 Å². The Bertz CT molecular complexity index is 522. The molecule has 0 unspecified atom stereocenters. The first-order chi connectivity index (χ1) is 9.00. The number of halogens is 2. The lowest BCUT2D eigenvalue weighted by Crippen LogP contribution is -2.48. The van der Waals surface area contributed by atoms with Crippen molar-refractivity contribution in [2.24, 2.45) is 0 Å². The van der Waals surface area contributed by atoms with E-state index in [1.54, 1.807) is 0 Å². The fourth-order valence-corrected chi connectivity index (χ4v) is 2.41. The summed E-state index contributed by atoms with van der Waals surface area (Å²) in [4.78, 5) is 28.6. The van der Waals surface area contributed by atoms with Gasteiger partial charge in [-0.15, -0.1) is 0 Å². The summed E-state index contributed by atoms with van der Waals surface area (Å²) in [6.45, 7) is 0.427. The quantitative estimate of drug-likeness (QED) is 0.852. The molecule has 1 saturated heterocycles. The van der Waals surface area contributed by atoms with Crippen molar-refractivity contribution in [2.75, 3.05) is 6.54 Å². The zero-order valence-corrected chi connectivity index (χ0v) is 11.5. The molecule has 1 fully saturated rings. The Morgan fingerprint density at radius 1 is 1.37 bits per heavy atom. The number of aromatic nitrogens is 1. The van der Waals surface area contributed by atoms with E-state index in [1.807, 2.05) is 0 Å². The Balaban J connectivity index is 2.26. The number of amides is 1. The van der Waals surface area contributed by atoms with Gasteiger partial charge >= 0.3 is 5.97 Å². The van der Waals surface area contributed by atoms with Crippen LogP contribution in [0.15, 0.2) is 12.3 Å². The van der Waals surface area contributed by atoms with Gasteiger partial charge in [0.15, 0.2) is 0 Å². The summed E-state index contributed by atoms with van der Waals surface area (Å²) in [5, 5.41) is 9.44. The number of carboxylic acids is 1. The van der Waals surface area contributed by atoms with E-state index < -0.39 is 12.0 Å². The summed E-state index contributed by atoms with van der Waals surface area (Å²) in [5.41, 5.74) is 0.252. The molecular formula is C12H12Cl2N2O3. The molecule has 0 spiro atoms. The molecule has 1 atom stereocenters. The predicted molar refractivity (Wildman–Crippen MR) is 70.6 cm³/mol. The van der Waals surface area contributed by atoms with E-state index in [9.17, 15) is 9.59 Å². The fraction of sp³-hybridized carbons (Fsp3) is 0.417. The van der Waals surface area contributed by atoms with Gasteiger partial charge in [-0.1, -0.05) is 23.2 Å². The molecule has 5 nitrogen and oxygen atoms in total. The second kappa shape index (κ2) is 5.75. The molecule has 0 radical (unpaired) electrons. The van der Waals surface area contributed by atoms with Crippen molar-refractivity contribution in [1.29, 1.82) is 0 Å². The number of aliphatic carboxylic acids is 1. The number of hydrogen-bond acceptors (Lipinski definition) is 3. The Morgan fingerprint density at radius 3 is 2.74 bits per heavy atom. The summed E-state index contributed by atoms with van der Waals surface area (Å²) in [5.74, 6) is -1.36. The van der Waals surface area contributed by atoms with Crippen molar-refractivity contribution in [3.05, 3.63) is 28.0 Å². The van der Waals surface area contributed by atoms with Crippen LogP contribution in [0.2, 0.25) is 10.2 Å². The Hall–Kier alpha value is -1.33. The number of carbonyl (C=O) groups excluding carboxylic acids is 1. The highest BCUT2D eigenvalue weighted by atomic mass is 35.5. The van der Waals surface area contributed by atoms with Gasteiger partial charge in [-0.2, -0.15) is 0 Å². The molecule has 0 bridgehead atoms. The van der Waals surface area contributed by atoms with Crippen LogP contribution in [0.25, 0.3) is 0 Å². The average molecular weight is 303 g/mol. The third-order valence-corrected chi connectivity index (χ3v) is 3.78. The van der Waals surface area contributed by atoms with Crippen LogP contribution in [0.3, 0.4) is 0 Å². The molecule has 1 aliphatic heterocycles. The predicted octanol–water partition coefficient (Wildman–Crippen LogP) is 2.47. The van der Waals surface area contributed by atoms with Gasteiger partial charge in [-0.3, -0.25) is 4.79 Å². The van der Waals surface area contributed by atoms with Crippen LogP contribution in [-0.4, -0.2) is 39.5 Å². The minimum atomic E-state index is -0.985. The molecule has 19 heavy (non-hydrogen) atoms. The lowest BCUT2D eigenvalue weighted by atomic mass is 10.0. The van der Waals surface area contributed by atoms with Crippen LogP contribution in [0, 0.1) is 0 Å². The normalized spacial score (nSPS) is 19.3. The van der Waals surface area contributed by atoms with Crippen molar-refractivity contribution in [3.8, 4) is 0 Å². The number of carboxylic acid groups (broad SMARTS) is 1. The standard InChI is InChI=1S/C12H12Cl2N2O3/c13-8-5-7(6-15-10(8)14)11(17)16-4-2-1-3-9(16)12(18)19/h5-6,9H,1-4H2,(H,18,19)/t9-/m1/s1. The first-order valence-electron chi connectivity index (χ1n) is 5.85. The van der Waals surface area contributed by atoms with Gasteiger partial charge in [0.1, 0.15) is 11.2 Å². The Morgan fingerprint density at radius 2 is 2.11 bits per heavy atom. The van der Waals surface area contributed by atoms with Gasteiger partial charge in [0.25, 0.3) is 5.91 Å². The SMILES string of the molecule is O=C(O)[C@H]1CCCCN1C(=O)c1cnc(Cl)c(Cl)c1. The number of rotatable bonds is 2. The Labute approximate surface area is 120 Å². The van der Waals surface area contributed by atoms with Crippen LogP contribution in [-0.2, 0) is 4.79 Å². The van der Waals surface area contributed by atoms with Crippen molar-refractivity contribution in [2.45, 2.75) is 25.3 Å². The first-order valence-corrected chi connectivity index (χ1v) is 6.61. The van der Waals surface area contributed by atoms with E-state index >= 15 is 0 Å². The topological polar surface area (TPSA) is 70.5 Å². The number of hydrogen-bond donors (Lipinski definition) is 1. The van der Waals surface area contributed by atoms with Crippen molar-refractivity contribution >= 4 is 35.1 Å². The van der Waals surface area contributed by atoms with E-state index in [-0.39, 0.29) is 21.6 Å². The maximum atomic E-state index is 12.3. The summed E-state index contributed by atoms with van der Waals surface area (Å²) in [6, 6.07) is 0.628. The monoisotopic (exact) mass is 302 g/mol. The number of pyridine rings is 1. The van der Waals surface area contributed by atoms with Crippen LogP contribution in [0.4, 0.5) is 0 Å². The first kappa shape index (κ1) is 14.1. The molecule has 1 aromatic rings. The van der Waals surface area contributed by atoms with Gasteiger partial charge in [0.05, 0.1) is 10.6 Å². The molecule has 1 aliphatic rings. The highest BCUT2D eigenvalue weighted by molar-refractivity contribution is 6.41. The fourth-order valence-electron chi connectivity index (χ4n) is 2.14. The van der Waals surface area contributed by atoms with E-state index in [4.69, 9.17) is 28.3 Å². The minimum absolute atomic E-state index is 0.117. The van der Waals surface area contributed by atoms with Gasteiger partial charge in [-0.05, 0) is 25.3 Å². The largest absolute Gasteiger partial charge is 0.480 e. The molecule has 1 aromatic heterocycles. The zero-order valence-electron chi connectivity index (χ0n) is 9.97. The smallest absolute Gasteiger partial charge is 0.326 e. The highest BCUT2D eigenvalue weighted by Gasteiger charge is 2.32. The summed E-state index contributed by atoms with van der Waals surface area (Å²) >= 11 is 11.5. The second-order valence-electron chi connectivity index (χ2n) is 4.34. The molecule has 0 aliphatic carbocycles. The minimum Gasteiger partial charge on any atom is -0.480 e. The molecular weight excluding hydrogens is 291 g/mol. The molecule has 2 rings (SSSR count). The summed E-state index contributed by atoms with van der Waals surface area (Å²) in [7, 11) is 0. The van der Waals surface area contributed by atoms with E-state index in [0.29, 0.717) is 13.0 Å². The lowest BCUT2D eigenvalue weighted by molar-refractivity contribution is -0.143. The molecule has 7 heteroatoms. The third-order valence-electron chi connectivity index (χ3n) is 3.09. The van der Waals surface area contributed by atoms with Crippen LogP contribution < -0.4 is 0 Å². The van der Waals surface area contributed by atoms with Gasteiger partial charge in [0, 0.05) is 12.7 Å². The summed E-state index contributed by atoms with van der Waals surface area (Å²) < 4.78 is 0. The number of piperidine rings is 1. The molecule has 2 heterocycles. The Kier molecular flexibility index (Phi) is 4.27. The third kappa shape index (κ3) is 2.98. The molecule has 0 saturated carbocycles. The number of likely N-dealkylation sites (tertiary alicyclic amines) is 1. The van der Waals surface area contributed by atoms with Crippen LogP contribution in [0.5, 0.6) is 0 Å².